The highest BCUT2D eigenvalue weighted by Crippen LogP contribution is 2.41. The Morgan fingerprint density at radius 1 is 1.15 bits per heavy atom. The van der Waals surface area contributed by atoms with Crippen LogP contribution in [0.4, 0.5) is 24.9 Å². The zero-order chi connectivity index (χ0) is 29.2. The van der Waals surface area contributed by atoms with Gasteiger partial charge in [0.1, 0.15) is 17.6 Å². The summed E-state index contributed by atoms with van der Waals surface area (Å²) in [4.78, 5) is 21.4. The molecule has 0 radical (unpaired) electrons. The van der Waals surface area contributed by atoms with Gasteiger partial charge in [-0.1, -0.05) is 36.4 Å². The summed E-state index contributed by atoms with van der Waals surface area (Å²) in [6.07, 6.45) is -5.01. The van der Waals surface area contributed by atoms with Crippen LogP contribution in [0.25, 0.3) is 11.1 Å². The minimum Gasteiger partial charge on any atom is -0.494 e. The number of ether oxygens (including phenoxy) is 2. The van der Waals surface area contributed by atoms with Crippen molar-refractivity contribution >= 4 is 17.7 Å². The fraction of sp³-hybridized carbons (Fsp3) is 0.414. The number of nitrogens with zero attached hydrogens (tertiary/aromatic N) is 3. The van der Waals surface area contributed by atoms with Gasteiger partial charge in [0.2, 0.25) is 17.9 Å². The number of carbonyl (C=O) groups is 1. The van der Waals surface area contributed by atoms with Gasteiger partial charge < -0.3 is 30.5 Å². The van der Waals surface area contributed by atoms with Crippen LogP contribution in [0.15, 0.2) is 54.6 Å². The van der Waals surface area contributed by atoms with Crippen LogP contribution in [0.1, 0.15) is 37.9 Å². The summed E-state index contributed by atoms with van der Waals surface area (Å²) >= 11 is 0. The summed E-state index contributed by atoms with van der Waals surface area (Å²) in [6.45, 7) is 4.10. The molecule has 2 fully saturated rings. The Hall–Kier alpha value is -4.06. The predicted molar refractivity (Wildman–Crippen MR) is 147 cm³/mol. The highest BCUT2D eigenvalue weighted by molar-refractivity contribution is 5.74. The maximum atomic E-state index is 14.2. The van der Waals surface area contributed by atoms with Crippen molar-refractivity contribution in [3.8, 4) is 22.8 Å². The second kappa shape index (κ2) is 11.4. The number of carboxylic acid groups (broad SMARTS) is 1. The first kappa shape index (κ1) is 28.5. The highest BCUT2D eigenvalue weighted by Gasteiger charge is 2.45. The summed E-state index contributed by atoms with van der Waals surface area (Å²) in [7, 11) is 0. The Balaban J connectivity index is 1.31. The molecule has 1 unspecified atom stereocenters. The summed E-state index contributed by atoms with van der Waals surface area (Å²) in [5.41, 5.74) is 7.22. The first-order valence-corrected chi connectivity index (χ1v) is 13.5. The molecule has 3 aromatic rings. The van der Waals surface area contributed by atoms with Crippen LogP contribution in [-0.4, -0.2) is 59.5 Å². The molecule has 218 valence electrons. The molecule has 5 rings (SSSR count). The van der Waals surface area contributed by atoms with Gasteiger partial charge in [0.25, 0.3) is 0 Å². The van der Waals surface area contributed by atoms with Crippen molar-refractivity contribution in [1.82, 2.24) is 15.3 Å². The number of nitrogens with two attached hydrogens (primary N) is 1. The van der Waals surface area contributed by atoms with Crippen molar-refractivity contribution in [2.75, 3.05) is 36.9 Å². The molecule has 0 aliphatic carbocycles. The second-order valence-electron chi connectivity index (χ2n) is 10.5. The van der Waals surface area contributed by atoms with E-state index in [-0.39, 0.29) is 22.8 Å². The average molecular weight is 572 g/mol. The predicted octanol–water partition coefficient (Wildman–Crippen LogP) is 4.84. The topological polar surface area (TPSA) is 123 Å². The summed E-state index contributed by atoms with van der Waals surface area (Å²) < 4.78 is 53.5. The lowest BCUT2D eigenvalue weighted by atomic mass is 9.76. The van der Waals surface area contributed by atoms with Gasteiger partial charge in [0.15, 0.2) is 0 Å². The highest BCUT2D eigenvalue weighted by atomic mass is 19.4. The number of alkyl halides is 3. The van der Waals surface area contributed by atoms with E-state index in [0.29, 0.717) is 44.2 Å². The zero-order valence-electron chi connectivity index (χ0n) is 22.5. The smallest absolute Gasteiger partial charge is 0.429 e. The van der Waals surface area contributed by atoms with Gasteiger partial charge in [-0.3, -0.25) is 4.79 Å². The first-order valence-electron chi connectivity index (χ1n) is 13.5. The minimum absolute atomic E-state index is 0.0809. The number of hydrogen-bond acceptors (Lipinski definition) is 8. The number of carboxylic acids is 1. The molecular formula is C29H32F3N5O4. The van der Waals surface area contributed by atoms with Crippen LogP contribution < -0.4 is 25.4 Å². The van der Waals surface area contributed by atoms with Crippen molar-refractivity contribution in [1.29, 1.82) is 0 Å². The third-order valence-electron chi connectivity index (χ3n) is 7.74. The molecule has 9 nitrogen and oxygen atoms in total. The molecule has 12 heteroatoms. The molecule has 3 heterocycles. The van der Waals surface area contributed by atoms with Crippen LogP contribution in [0, 0.1) is 5.41 Å². The molecule has 2 saturated heterocycles. The number of piperidine rings is 1. The van der Waals surface area contributed by atoms with E-state index in [0.717, 1.165) is 24.0 Å². The van der Waals surface area contributed by atoms with Crippen molar-refractivity contribution in [2.45, 2.75) is 44.5 Å². The van der Waals surface area contributed by atoms with Crippen LogP contribution in [0.5, 0.6) is 11.6 Å². The molecular weight excluding hydrogens is 539 g/mol. The summed E-state index contributed by atoms with van der Waals surface area (Å²) in [5.74, 6) is -0.294. The Bertz CT molecular complexity index is 1380. The minimum atomic E-state index is -4.72. The van der Waals surface area contributed by atoms with Crippen molar-refractivity contribution in [3.05, 3.63) is 60.2 Å². The molecule has 2 aliphatic rings. The number of nitrogens with one attached hydrogen (secondary N) is 1. The van der Waals surface area contributed by atoms with Crippen LogP contribution in [0.2, 0.25) is 0 Å². The van der Waals surface area contributed by atoms with Crippen molar-refractivity contribution < 1.29 is 32.5 Å². The van der Waals surface area contributed by atoms with Crippen LogP contribution in [0.3, 0.4) is 0 Å². The number of aromatic nitrogens is 2. The fourth-order valence-electron chi connectivity index (χ4n) is 5.56. The molecule has 2 aromatic carbocycles. The molecule has 1 spiro atoms. The third kappa shape index (κ3) is 6.48. The number of halogens is 3. The molecule has 2 atom stereocenters. The van der Waals surface area contributed by atoms with E-state index in [1.54, 1.807) is 12.1 Å². The standard InChI is InChI=1S/C29H32F3N5O4/c1-2-40-21-5-3-4-20(14-21)18-6-8-19(9-7-18)25(29(30,31)32)41-24-15-23(35-27(33)36-24)37-12-10-28(11-13-37)16-22(26(38)39)34-17-28/h3-9,14-15,22,25,34H,2,10-13,16-17H2,1H3,(H,38,39)(H2,33,35,36)/t22-,25?/m0/s1. The Kier molecular flexibility index (Phi) is 7.94. The number of rotatable bonds is 8. The Morgan fingerprint density at radius 2 is 1.88 bits per heavy atom. The van der Waals surface area contributed by atoms with E-state index >= 15 is 0 Å². The van der Waals surface area contributed by atoms with Crippen molar-refractivity contribution in [2.24, 2.45) is 5.41 Å². The van der Waals surface area contributed by atoms with Gasteiger partial charge in [0.05, 0.1) is 6.61 Å². The number of anilines is 2. The van der Waals surface area contributed by atoms with E-state index in [2.05, 4.69) is 15.3 Å². The number of hydrogen-bond donors (Lipinski definition) is 3. The van der Waals surface area contributed by atoms with Gasteiger partial charge >= 0.3 is 12.1 Å². The SMILES string of the molecule is CCOc1cccc(-c2ccc(C(Oc3cc(N4CCC5(CC4)CN[C@H](C(=O)O)C5)nc(N)n3)C(F)(F)F)cc2)c1. The molecule has 4 N–H and O–H groups in total. The monoisotopic (exact) mass is 571 g/mol. The lowest BCUT2D eigenvalue weighted by Gasteiger charge is -2.39. The largest absolute Gasteiger partial charge is 0.494 e. The van der Waals surface area contributed by atoms with Crippen molar-refractivity contribution in [3.63, 3.8) is 0 Å². The summed E-state index contributed by atoms with van der Waals surface area (Å²) in [6, 6.07) is 14.1. The second-order valence-corrected chi connectivity index (χ2v) is 10.5. The normalized spacial score (nSPS) is 19.2. The van der Waals surface area contributed by atoms with Gasteiger partial charge in [0, 0.05) is 31.3 Å². The van der Waals surface area contributed by atoms with Gasteiger partial charge in [-0.15, -0.1) is 0 Å². The maximum absolute atomic E-state index is 14.2. The average Bonchev–Trinajstić information content (AvgIpc) is 3.35. The van der Waals surface area contributed by atoms with Crippen LogP contribution >= 0.6 is 0 Å². The summed E-state index contributed by atoms with van der Waals surface area (Å²) in [5, 5.41) is 12.4. The van der Waals surface area contributed by atoms with Gasteiger partial charge in [-0.25, -0.2) is 0 Å². The molecule has 1 aromatic heterocycles. The number of aliphatic carboxylic acids is 1. The number of nitrogen functional groups attached to an aromatic ring is 1. The van der Waals surface area contributed by atoms with E-state index < -0.39 is 24.3 Å². The molecule has 0 amide bonds. The van der Waals surface area contributed by atoms with E-state index in [4.69, 9.17) is 15.2 Å². The van der Waals surface area contributed by atoms with E-state index in [9.17, 15) is 23.1 Å². The molecule has 2 aliphatic heterocycles. The Morgan fingerprint density at radius 3 is 2.51 bits per heavy atom. The molecule has 41 heavy (non-hydrogen) atoms. The maximum Gasteiger partial charge on any atom is 0.429 e. The zero-order valence-corrected chi connectivity index (χ0v) is 22.5. The van der Waals surface area contributed by atoms with E-state index in [1.807, 2.05) is 36.1 Å². The van der Waals surface area contributed by atoms with Gasteiger partial charge in [-0.05, 0) is 54.9 Å². The number of benzene rings is 2. The van der Waals surface area contributed by atoms with E-state index in [1.165, 1.54) is 18.2 Å². The lowest BCUT2D eigenvalue weighted by molar-refractivity contribution is -0.198. The van der Waals surface area contributed by atoms with Crippen LogP contribution in [-0.2, 0) is 4.79 Å². The third-order valence-corrected chi connectivity index (χ3v) is 7.74. The Labute approximate surface area is 235 Å². The molecule has 0 bridgehead atoms. The van der Waals surface area contributed by atoms with Gasteiger partial charge in [-0.2, -0.15) is 23.1 Å². The first-order chi connectivity index (χ1) is 19.5. The fourth-order valence-corrected chi connectivity index (χ4v) is 5.56. The lowest BCUT2D eigenvalue weighted by Crippen LogP contribution is -2.41. The quantitative estimate of drug-likeness (QED) is 0.349. The molecule has 0 saturated carbocycles.